The van der Waals surface area contributed by atoms with Crippen LogP contribution in [0.15, 0.2) is 48.5 Å². The van der Waals surface area contributed by atoms with Gasteiger partial charge in [0.2, 0.25) is 0 Å². The molecule has 1 amide bonds. The Morgan fingerprint density at radius 1 is 1.25 bits per heavy atom. The maximum atomic E-state index is 12.3. The van der Waals surface area contributed by atoms with Crippen molar-refractivity contribution in [1.29, 1.82) is 0 Å². The van der Waals surface area contributed by atoms with Gasteiger partial charge in [-0.2, -0.15) is 8.78 Å². The lowest BCUT2D eigenvalue weighted by Crippen LogP contribution is -2.49. The van der Waals surface area contributed by atoms with Crippen LogP contribution in [0.4, 0.5) is 14.5 Å². The molecule has 2 rings (SSSR count). The van der Waals surface area contributed by atoms with Crippen LogP contribution in [0.2, 0.25) is 0 Å². The van der Waals surface area contributed by atoms with Crippen LogP contribution < -0.4 is 20.9 Å². The number of halogens is 2. The third kappa shape index (κ3) is 4.63. The lowest BCUT2D eigenvalue weighted by molar-refractivity contribution is -0.0498. The molecule has 3 N–H and O–H groups in total. The molecule has 0 radical (unpaired) electrons. The highest BCUT2D eigenvalue weighted by molar-refractivity contribution is 7.80. The Bertz CT molecular complexity index is 738. The Morgan fingerprint density at radius 2 is 1.92 bits per heavy atom. The summed E-state index contributed by atoms with van der Waals surface area (Å²) in [5.41, 5.74) is 10.1. The summed E-state index contributed by atoms with van der Waals surface area (Å²) < 4.78 is 28.5. The van der Waals surface area contributed by atoms with Crippen LogP contribution in [0, 0.1) is 6.92 Å². The van der Waals surface area contributed by atoms with Crippen LogP contribution in [0.3, 0.4) is 0 Å². The molecule has 5 nitrogen and oxygen atoms in total. The Morgan fingerprint density at radius 3 is 2.46 bits per heavy atom. The van der Waals surface area contributed by atoms with E-state index in [1.54, 1.807) is 18.2 Å². The zero-order chi connectivity index (χ0) is 17.7. The molecule has 8 heteroatoms. The number of benzene rings is 2. The van der Waals surface area contributed by atoms with Gasteiger partial charge in [-0.3, -0.25) is 10.2 Å². The van der Waals surface area contributed by atoms with Crippen molar-refractivity contribution in [3.63, 3.8) is 0 Å². The fourth-order valence-electron chi connectivity index (χ4n) is 1.97. The van der Waals surface area contributed by atoms with Gasteiger partial charge in [-0.15, -0.1) is 0 Å². The van der Waals surface area contributed by atoms with Gasteiger partial charge < -0.3 is 10.5 Å². The van der Waals surface area contributed by atoms with E-state index in [1.165, 1.54) is 29.3 Å². The number of hydrogen-bond acceptors (Lipinski definition) is 3. The number of aryl methyl sites for hydroxylation is 1. The fraction of sp³-hybridized carbons (Fsp3) is 0.125. The summed E-state index contributed by atoms with van der Waals surface area (Å²) in [7, 11) is 0. The van der Waals surface area contributed by atoms with Crippen molar-refractivity contribution in [1.82, 2.24) is 5.43 Å². The van der Waals surface area contributed by atoms with E-state index < -0.39 is 12.5 Å². The van der Waals surface area contributed by atoms with Crippen LogP contribution in [-0.4, -0.2) is 17.6 Å². The van der Waals surface area contributed by atoms with Gasteiger partial charge in [-0.25, -0.2) is 5.01 Å². The van der Waals surface area contributed by atoms with Crippen molar-refractivity contribution < 1.29 is 18.3 Å². The number of carbonyl (C=O) groups excluding carboxylic acids is 1. The Kier molecular flexibility index (Phi) is 5.64. The van der Waals surface area contributed by atoms with Crippen LogP contribution in [0.1, 0.15) is 15.9 Å². The highest BCUT2D eigenvalue weighted by Crippen LogP contribution is 2.17. The largest absolute Gasteiger partial charge is 0.435 e. The van der Waals surface area contributed by atoms with Gasteiger partial charge in [0.15, 0.2) is 5.11 Å². The summed E-state index contributed by atoms with van der Waals surface area (Å²) in [6.07, 6.45) is 0. The number of ether oxygens (including phenoxy) is 1. The Labute approximate surface area is 143 Å². The first-order chi connectivity index (χ1) is 11.4. The molecule has 0 aliphatic carbocycles. The van der Waals surface area contributed by atoms with E-state index in [-0.39, 0.29) is 16.4 Å². The van der Waals surface area contributed by atoms with Gasteiger partial charge >= 0.3 is 6.61 Å². The summed E-state index contributed by atoms with van der Waals surface area (Å²) in [6, 6.07) is 12.5. The first kappa shape index (κ1) is 17.6. The number of hydrogen-bond donors (Lipinski definition) is 2. The molecule has 0 heterocycles. The average molecular weight is 351 g/mol. The summed E-state index contributed by atoms with van der Waals surface area (Å²) in [5, 5.41) is 1.24. The molecule has 0 aliphatic heterocycles. The molecule has 2 aromatic rings. The SMILES string of the molecule is Cc1cccc(N(NC(=O)c2ccc(OC(F)F)cc2)C(N)=S)c1. The molecule has 0 spiro atoms. The maximum absolute atomic E-state index is 12.3. The average Bonchev–Trinajstić information content (AvgIpc) is 2.52. The van der Waals surface area contributed by atoms with Gasteiger partial charge in [0.05, 0.1) is 5.69 Å². The lowest BCUT2D eigenvalue weighted by atomic mass is 10.2. The molecule has 0 saturated heterocycles. The highest BCUT2D eigenvalue weighted by atomic mass is 32.1. The number of carbonyl (C=O) groups is 1. The first-order valence-corrected chi connectivity index (χ1v) is 7.29. The Balaban J connectivity index is 2.15. The van der Waals surface area contributed by atoms with Gasteiger partial charge in [0, 0.05) is 5.56 Å². The standard InChI is InChI=1S/C16H15F2N3O2S/c1-10-3-2-4-12(9-10)21(16(19)24)20-14(22)11-5-7-13(8-6-11)23-15(17)18/h2-9,15H,1H3,(H2,19,24)(H,20,22). The van der Waals surface area contributed by atoms with Crippen LogP contribution in [0.5, 0.6) is 5.75 Å². The monoisotopic (exact) mass is 351 g/mol. The molecule has 0 aromatic heterocycles. The van der Waals surface area contributed by atoms with E-state index in [1.807, 2.05) is 13.0 Å². The van der Waals surface area contributed by atoms with E-state index in [9.17, 15) is 13.6 Å². The van der Waals surface area contributed by atoms with Crippen LogP contribution >= 0.6 is 12.2 Å². The molecule has 0 unspecified atom stereocenters. The molecule has 24 heavy (non-hydrogen) atoms. The van der Waals surface area contributed by atoms with Crippen molar-refractivity contribution in [2.45, 2.75) is 13.5 Å². The van der Waals surface area contributed by atoms with Gasteiger partial charge in [-0.05, 0) is 61.1 Å². The van der Waals surface area contributed by atoms with Crippen LogP contribution in [0.25, 0.3) is 0 Å². The van der Waals surface area contributed by atoms with Crippen molar-refractivity contribution in [3.05, 3.63) is 59.7 Å². The highest BCUT2D eigenvalue weighted by Gasteiger charge is 2.15. The molecule has 0 saturated carbocycles. The normalized spacial score (nSPS) is 10.3. The molecule has 0 fully saturated rings. The van der Waals surface area contributed by atoms with E-state index >= 15 is 0 Å². The van der Waals surface area contributed by atoms with Gasteiger partial charge in [0.25, 0.3) is 5.91 Å². The molecular formula is C16H15F2N3O2S. The zero-order valence-corrected chi connectivity index (χ0v) is 13.5. The van der Waals surface area contributed by atoms with Crippen molar-refractivity contribution in [2.75, 3.05) is 5.01 Å². The quantitative estimate of drug-likeness (QED) is 0.655. The third-order valence-corrected chi connectivity index (χ3v) is 3.22. The van der Waals surface area contributed by atoms with E-state index in [0.717, 1.165) is 5.56 Å². The molecule has 0 aliphatic rings. The predicted octanol–water partition coefficient (Wildman–Crippen LogP) is 2.99. The third-order valence-electron chi connectivity index (χ3n) is 3.04. The lowest BCUT2D eigenvalue weighted by Gasteiger charge is -2.23. The van der Waals surface area contributed by atoms with Crippen molar-refractivity contribution in [2.24, 2.45) is 5.73 Å². The Hall–Kier alpha value is -2.74. The number of thiocarbonyl (C=S) groups is 1. The minimum Gasteiger partial charge on any atom is -0.435 e. The van der Waals surface area contributed by atoms with Crippen molar-refractivity contribution >= 4 is 28.9 Å². The number of rotatable bonds is 4. The number of nitrogens with two attached hydrogens (primary N) is 1. The van der Waals surface area contributed by atoms with Gasteiger partial charge in [-0.1, -0.05) is 12.1 Å². The predicted molar refractivity (Wildman–Crippen MR) is 91.0 cm³/mol. The molecule has 0 bridgehead atoms. The number of nitrogens with one attached hydrogen (secondary N) is 1. The molecular weight excluding hydrogens is 336 g/mol. The van der Waals surface area contributed by atoms with Crippen molar-refractivity contribution in [3.8, 4) is 5.75 Å². The minimum absolute atomic E-state index is 0.0356. The summed E-state index contributed by atoms with van der Waals surface area (Å²) in [5.74, 6) is -0.528. The number of amides is 1. The second-order valence-corrected chi connectivity index (χ2v) is 5.27. The topological polar surface area (TPSA) is 67.6 Å². The molecule has 126 valence electrons. The fourth-order valence-corrected chi connectivity index (χ4v) is 2.12. The number of anilines is 1. The van der Waals surface area contributed by atoms with E-state index in [0.29, 0.717) is 5.69 Å². The maximum Gasteiger partial charge on any atom is 0.387 e. The smallest absolute Gasteiger partial charge is 0.387 e. The number of hydrazine groups is 1. The first-order valence-electron chi connectivity index (χ1n) is 6.89. The van der Waals surface area contributed by atoms with E-state index in [4.69, 9.17) is 18.0 Å². The number of alkyl halides is 2. The van der Waals surface area contributed by atoms with Gasteiger partial charge in [0.1, 0.15) is 5.75 Å². The number of nitrogens with zero attached hydrogens (tertiary/aromatic N) is 1. The second-order valence-electron chi connectivity index (χ2n) is 4.86. The van der Waals surface area contributed by atoms with E-state index in [2.05, 4.69) is 10.2 Å². The summed E-state index contributed by atoms with van der Waals surface area (Å²) >= 11 is 4.96. The molecule has 0 atom stereocenters. The van der Waals surface area contributed by atoms with Crippen LogP contribution in [-0.2, 0) is 0 Å². The zero-order valence-electron chi connectivity index (χ0n) is 12.7. The summed E-state index contributed by atoms with van der Waals surface area (Å²) in [6.45, 7) is -1.03. The summed E-state index contributed by atoms with van der Waals surface area (Å²) in [4.78, 5) is 12.3. The molecule has 2 aromatic carbocycles. The second kappa shape index (κ2) is 7.69. The minimum atomic E-state index is -2.92.